The molecule has 0 aliphatic carbocycles. The van der Waals surface area contributed by atoms with E-state index >= 15 is 0 Å². The molecule has 17 heavy (non-hydrogen) atoms. The van der Waals surface area contributed by atoms with Crippen molar-refractivity contribution in [2.45, 2.75) is 6.92 Å². The topological polar surface area (TPSA) is 54.7 Å². The Balaban J connectivity index is 2.21. The zero-order valence-electron chi connectivity index (χ0n) is 9.12. The molecule has 0 spiro atoms. The lowest BCUT2D eigenvalue weighted by Gasteiger charge is -1.92. The van der Waals surface area contributed by atoms with Crippen LogP contribution in [0.4, 0.5) is 5.00 Å². The fourth-order valence-electron chi connectivity index (χ4n) is 1.83. The summed E-state index contributed by atoms with van der Waals surface area (Å²) in [5.41, 5.74) is 8.92. The summed E-state index contributed by atoms with van der Waals surface area (Å²) in [7, 11) is 0. The van der Waals surface area contributed by atoms with E-state index in [0.717, 1.165) is 31.9 Å². The molecule has 0 amide bonds. The minimum absolute atomic E-state index is 0.806. The monoisotopic (exact) mass is 307 g/mol. The maximum absolute atomic E-state index is 5.97. The van der Waals surface area contributed by atoms with E-state index in [-0.39, 0.29) is 0 Å². The van der Waals surface area contributed by atoms with E-state index in [1.807, 2.05) is 25.1 Å². The molecule has 0 saturated heterocycles. The van der Waals surface area contributed by atoms with Crippen LogP contribution in [0.3, 0.4) is 0 Å². The lowest BCUT2D eigenvalue weighted by atomic mass is 10.3. The summed E-state index contributed by atoms with van der Waals surface area (Å²) in [5.74, 6) is 0.833. The molecule has 2 aromatic heterocycles. The van der Waals surface area contributed by atoms with Crippen molar-refractivity contribution < 1.29 is 0 Å². The van der Waals surface area contributed by atoms with E-state index in [0.29, 0.717) is 0 Å². The molecule has 0 aliphatic rings. The number of hydrogen-bond acceptors (Lipinski definition) is 3. The highest BCUT2D eigenvalue weighted by molar-refractivity contribution is 9.10. The number of imidazole rings is 1. The lowest BCUT2D eigenvalue weighted by molar-refractivity contribution is 1.34. The van der Waals surface area contributed by atoms with Crippen LogP contribution >= 0.6 is 27.3 Å². The number of anilines is 1. The van der Waals surface area contributed by atoms with Crippen molar-refractivity contribution in [3.8, 4) is 11.4 Å². The molecule has 3 nitrogen and oxygen atoms in total. The molecular weight excluding hydrogens is 298 g/mol. The molecule has 1 aromatic carbocycles. The Morgan fingerprint density at radius 2 is 2.18 bits per heavy atom. The van der Waals surface area contributed by atoms with Gasteiger partial charge in [-0.3, -0.25) is 0 Å². The summed E-state index contributed by atoms with van der Waals surface area (Å²) in [5, 5.41) is 0.806. The Bertz CT molecular complexity index is 699. The van der Waals surface area contributed by atoms with Gasteiger partial charge in [0.2, 0.25) is 0 Å². The van der Waals surface area contributed by atoms with Gasteiger partial charge in [0.25, 0.3) is 0 Å². The highest BCUT2D eigenvalue weighted by Gasteiger charge is 2.11. The third-order valence-corrected chi connectivity index (χ3v) is 3.96. The predicted molar refractivity (Wildman–Crippen MR) is 76.3 cm³/mol. The number of nitrogens with zero attached hydrogens (tertiary/aromatic N) is 1. The second-order valence-electron chi connectivity index (χ2n) is 3.88. The summed E-state index contributed by atoms with van der Waals surface area (Å²) in [6.45, 7) is 2.05. The molecule has 0 saturated carbocycles. The molecule has 5 heteroatoms. The summed E-state index contributed by atoms with van der Waals surface area (Å²) in [4.78, 5) is 9.03. The Kier molecular flexibility index (Phi) is 2.45. The maximum Gasteiger partial charge on any atom is 0.141 e. The zero-order valence-corrected chi connectivity index (χ0v) is 11.5. The van der Waals surface area contributed by atoms with Gasteiger partial charge in [0.15, 0.2) is 0 Å². The Labute approximate surface area is 111 Å². The maximum atomic E-state index is 5.97. The molecule has 86 valence electrons. The van der Waals surface area contributed by atoms with Crippen molar-refractivity contribution in [3.63, 3.8) is 0 Å². The van der Waals surface area contributed by atoms with Gasteiger partial charge in [-0.1, -0.05) is 15.9 Å². The number of rotatable bonds is 1. The van der Waals surface area contributed by atoms with Crippen LogP contribution in [0.15, 0.2) is 28.7 Å². The van der Waals surface area contributed by atoms with Crippen LogP contribution in [0.1, 0.15) is 4.88 Å². The number of fused-ring (bicyclic) bond motifs is 1. The minimum Gasteiger partial charge on any atom is -0.390 e. The van der Waals surface area contributed by atoms with Crippen molar-refractivity contribution in [1.29, 1.82) is 0 Å². The van der Waals surface area contributed by atoms with Crippen LogP contribution in [0.5, 0.6) is 0 Å². The molecule has 0 bridgehead atoms. The van der Waals surface area contributed by atoms with Crippen molar-refractivity contribution in [2.24, 2.45) is 0 Å². The number of aromatic amines is 1. The molecule has 3 rings (SSSR count). The fourth-order valence-corrected chi connectivity index (χ4v) is 2.98. The molecule has 0 fully saturated rings. The van der Waals surface area contributed by atoms with Gasteiger partial charge in [-0.25, -0.2) is 4.98 Å². The number of thiophene rings is 1. The molecule has 2 heterocycles. The van der Waals surface area contributed by atoms with Crippen LogP contribution in [0.2, 0.25) is 0 Å². The summed E-state index contributed by atoms with van der Waals surface area (Å²) >= 11 is 5.03. The standard InChI is InChI=1S/C12H10BrN3S/c1-6-4-8(11(14)17-6)12-15-9-3-2-7(13)5-10(9)16-12/h2-5H,14H2,1H3,(H,15,16). The molecule has 0 radical (unpaired) electrons. The van der Waals surface area contributed by atoms with Crippen LogP contribution in [0.25, 0.3) is 22.4 Å². The van der Waals surface area contributed by atoms with Crippen LogP contribution in [-0.2, 0) is 0 Å². The van der Waals surface area contributed by atoms with Crippen LogP contribution in [-0.4, -0.2) is 9.97 Å². The van der Waals surface area contributed by atoms with Gasteiger partial charge in [-0.2, -0.15) is 0 Å². The van der Waals surface area contributed by atoms with Gasteiger partial charge in [0.05, 0.1) is 21.6 Å². The molecule has 0 aliphatic heterocycles. The fraction of sp³-hybridized carbons (Fsp3) is 0.0833. The smallest absolute Gasteiger partial charge is 0.141 e. The average molecular weight is 308 g/mol. The lowest BCUT2D eigenvalue weighted by Crippen LogP contribution is -1.84. The largest absolute Gasteiger partial charge is 0.390 e. The van der Waals surface area contributed by atoms with Gasteiger partial charge in [0, 0.05) is 9.35 Å². The number of H-pyrrole nitrogens is 1. The minimum atomic E-state index is 0.806. The Morgan fingerprint density at radius 3 is 2.88 bits per heavy atom. The second kappa shape index (κ2) is 3.85. The number of aryl methyl sites for hydroxylation is 1. The number of nitrogens with one attached hydrogen (secondary N) is 1. The van der Waals surface area contributed by atoms with Crippen molar-refractivity contribution in [1.82, 2.24) is 9.97 Å². The normalized spacial score (nSPS) is 11.2. The van der Waals surface area contributed by atoms with E-state index < -0.39 is 0 Å². The highest BCUT2D eigenvalue weighted by Crippen LogP contribution is 2.33. The number of nitrogen functional groups attached to an aromatic ring is 1. The molecule has 3 N–H and O–H groups in total. The first kappa shape index (κ1) is 10.8. The van der Waals surface area contributed by atoms with E-state index in [1.54, 1.807) is 11.3 Å². The summed E-state index contributed by atoms with van der Waals surface area (Å²) in [6.07, 6.45) is 0. The molecule has 0 atom stereocenters. The van der Waals surface area contributed by atoms with Crippen molar-refractivity contribution >= 4 is 43.3 Å². The van der Waals surface area contributed by atoms with E-state index in [9.17, 15) is 0 Å². The number of halogens is 1. The average Bonchev–Trinajstić information content (AvgIpc) is 2.80. The number of nitrogens with two attached hydrogens (primary N) is 1. The van der Waals surface area contributed by atoms with Crippen LogP contribution < -0.4 is 5.73 Å². The highest BCUT2D eigenvalue weighted by atomic mass is 79.9. The van der Waals surface area contributed by atoms with E-state index in [2.05, 4.69) is 32.0 Å². The van der Waals surface area contributed by atoms with Crippen LogP contribution in [0, 0.1) is 6.92 Å². The van der Waals surface area contributed by atoms with Gasteiger partial charge >= 0.3 is 0 Å². The third-order valence-electron chi connectivity index (χ3n) is 2.58. The first-order valence-electron chi connectivity index (χ1n) is 5.15. The third kappa shape index (κ3) is 1.85. The Hall–Kier alpha value is -1.33. The van der Waals surface area contributed by atoms with Crippen molar-refractivity contribution in [3.05, 3.63) is 33.6 Å². The van der Waals surface area contributed by atoms with Gasteiger partial charge in [-0.05, 0) is 31.2 Å². The zero-order chi connectivity index (χ0) is 12.0. The number of aromatic nitrogens is 2. The van der Waals surface area contributed by atoms with E-state index in [4.69, 9.17) is 5.73 Å². The SMILES string of the molecule is Cc1cc(-c2nc3ccc(Br)cc3[nH]2)c(N)s1. The van der Waals surface area contributed by atoms with Gasteiger partial charge < -0.3 is 10.7 Å². The summed E-state index contributed by atoms with van der Waals surface area (Å²) < 4.78 is 1.04. The summed E-state index contributed by atoms with van der Waals surface area (Å²) in [6, 6.07) is 8.04. The quantitative estimate of drug-likeness (QED) is 0.715. The van der Waals surface area contributed by atoms with Gasteiger partial charge in [-0.15, -0.1) is 11.3 Å². The molecule has 0 unspecified atom stereocenters. The number of benzene rings is 1. The molecular formula is C12H10BrN3S. The number of hydrogen-bond donors (Lipinski definition) is 2. The Morgan fingerprint density at radius 1 is 1.35 bits per heavy atom. The predicted octanol–water partition coefficient (Wildman–Crippen LogP) is 3.94. The van der Waals surface area contributed by atoms with Gasteiger partial charge in [0.1, 0.15) is 5.82 Å². The molecule has 3 aromatic rings. The van der Waals surface area contributed by atoms with E-state index in [1.165, 1.54) is 4.88 Å². The first-order valence-corrected chi connectivity index (χ1v) is 6.76. The first-order chi connectivity index (χ1) is 8.13. The van der Waals surface area contributed by atoms with Crippen molar-refractivity contribution in [2.75, 3.05) is 5.73 Å². The second-order valence-corrected chi connectivity index (χ2v) is 6.09.